The molecule has 2 heterocycles. The van der Waals surface area contributed by atoms with Gasteiger partial charge in [-0.3, -0.25) is 14.4 Å². The summed E-state index contributed by atoms with van der Waals surface area (Å²) in [5.74, 6) is 0.139. The molecule has 9 heteroatoms. The van der Waals surface area contributed by atoms with Crippen molar-refractivity contribution in [2.24, 2.45) is 0 Å². The Labute approximate surface area is 190 Å². The summed E-state index contributed by atoms with van der Waals surface area (Å²) in [6.07, 6.45) is 0. The molecule has 1 aliphatic rings. The van der Waals surface area contributed by atoms with Crippen molar-refractivity contribution < 1.29 is 19.1 Å². The van der Waals surface area contributed by atoms with Gasteiger partial charge in [-0.2, -0.15) is 5.10 Å². The van der Waals surface area contributed by atoms with Gasteiger partial charge in [-0.05, 0) is 42.5 Å². The second-order valence-electron chi connectivity index (χ2n) is 7.44. The molecule has 0 radical (unpaired) electrons. The molecule has 0 unspecified atom stereocenters. The maximum atomic E-state index is 12.5. The highest BCUT2D eigenvalue weighted by Gasteiger charge is 2.18. The van der Waals surface area contributed by atoms with Gasteiger partial charge in [0, 0.05) is 36.0 Å². The molecular formula is C24H24N4O5. The van der Waals surface area contributed by atoms with Gasteiger partial charge >= 0.3 is 0 Å². The number of morpholine rings is 1. The Balaban J connectivity index is 1.43. The molecule has 2 aromatic carbocycles. The minimum Gasteiger partial charge on any atom is -0.496 e. The lowest BCUT2D eigenvalue weighted by molar-refractivity contribution is -0.117. The van der Waals surface area contributed by atoms with E-state index in [0.29, 0.717) is 49.0 Å². The van der Waals surface area contributed by atoms with Crippen LogP contribution in [0.4, 0.5) is 5.69 Å². The lowest BCUT2D eigenvalue weighted by Crippen LogP contribution is -2.40. The standard InChI is InChI=1S/C24H24N4O5/c1-32-21-5-3-2-4-19(21)20-10-11-23(30)28(26-20)16-22(29)25-18-8-6-17(7-9-18)24(31)27-12-14-33-15-13-27/h2-11H,12-16H2,1H3,(H,25,29). The summed E-state index contributed by atoms with van der Waals surface area (Å²) >= 11 is 0. The summed E-state index contributed by atoms with van der Waals surface area (Å²) in [5, 5.41) is 7.06. The van der Waals surface area contributed by atoms with Crippen molar-refractivity contribution in [1.82, 2.24) is 14.7 Å². The first kappa shape index (κ1) is 22.2. The minimum absolute atomic E-state index is 0.0694. The Hall–Kier alpha value is -3.98. The van der Waals surface area contributed by atoms with Crippen molar-refractivity contribution in [3.05, 3.63) is 76.6 Å². The molecule has 1 fully saturated rings. The van der Waals surface area contributed by atoms with E-state index in [1.807, 2.05) is 18.2 Å². The van der Waals surface area contributed by atoms with Crippen LogP contribution in [0.5, 0.6) is 5.75 Å². The third-order valence-corrected chi connectivity index (χ3v) is 5.26. The Bertz CT molecular complexity index is 1200. The molecular weight excluding hydrogens is 424 g/mol. The number of hydrogen-bond acceptors (Lipinski definition) is 6. The highest BCUT2D eigenvalue weighted by molar-refractivity contribution is 5.95. The Morgan fingerprint density at radius 1 is 1.03 bits per heavy atom. The highest BCUT2D eigenvalue weighted by Crippen LogP contribution is 2.27. The summed E-state index contributed by atoms with van der Waals surface area (Å²) in [7, 11) is 1.56. The van der Waals surface area contributed by atoms with E-state index < -0.39 is 11.5 Å². The third kappa shape index (κ3) is 5.27. The maximum Gasteiger partial charge on any atom is 0.267 e. The average Bonchev–Trinajstić information content (AvgIpc) is 2.86. The second kappa shape index (κ2) is 10.1. The number of benzene rings is 2. The number of rotatable bonds is 6. The van der Waals surface area contributed by atoms with Crippen molar-refractivity contribution in [2.45, 2.75) is 6.54 Å². The van der Waals surface area contributed by atoms with E-state index in [2.05, 4.69) is 10.4 Å². The smallest absolute Gasteiger partial charge is 0.267 e. The van der Waals surface area contributed by atoms with Crippen LogP contribution in [0.25, 0.3) is 11.3 Å². The van der Waals surface area contributed by atoms with Crippen molar-refractivity contribution in [3.8, 4) is 17.0 Å². The van der Waals surface area contributed by atoms with Gasteiger partial charge in [-0.1, -0.05) is 12.1 Å². The molecule has 0 bridgehead atoms. The number of amides is 2. The summed E-state index contributed by atoms with van der Waals surface area (Å²) in [6, 6.07) is 16.9. The average molecular weight is 448 g/mol. The number of nitrogens with zero attached hydrogens (tertiary/aromatic N) is 3. The van der Waals surface area contributed by atoms with Crippen molar-refractivity contribution in [3.63, 3.8) is 0 Å². The van der Waals surface area contributed by atoms with Crippen LogP contribution in [-0.4, -0.2) is 59.9 Å². The van der Waals surface area contributed by atoms with Crippen LogP contribution in [-0.2, 0) is 16.1 Å². The fourth-order valence-corrected chi connectivity index (χ4v) is 3.54. The number of anilines is 1. The summed E-state index contributed by atoms with van der Waals surface area (Å²) < 4.78 is 11.7. The molecule has 1 saturated heterocycles. The predicted molar refractivity (Wildman–Crippen MR) is 122 cm³/mol. The SMILES string of the molecule is COc1ccccc1-c1ccc(=O)n(CC(=O)Nc2ccc(C(=O)N3CCOCC3)cc2)n1. The largest absolute Gasteiger partial charge is 0.496 e. The van der Waals surface area contributed by atoms with Crippen LogP contribution < -0.4 is 15.6 Å². The van der Waals surface area contributed by atoms with E-state index in [4.69, 9.17) is 9.47 Å². The van der Waals surface area contributed by atoms with Crippen molar-refractivity contribution >= 4 is 17.5 Å². The third-order valence-electron chi connectivity index (χ3n) is 5.26. The van der Waals surface area contributed by atoms with Gasteiger partial charge in [-0.15, -0.1) is 0 Å². The van der Waals surface area contributed by atoms with Gasteiger partial charge in [0.15, 0.2) is 0 Å². The molecule has 1 N–H and O–H groups in total. The number of ether oxygens (including phenoxy) is 2. The molecule has 0 spiro atoms. The van der Waals surface area contributed by atoms with Gasteiger partial charge in [-0.25, -0.2) is 4.68 Å². The van der Waals surface area contributed by atoms with Gasteiger partial charge in [0.2, 0.25) is 5.91 Å². The van der Waals surface area contributed by atoms with Crippen LogP contribution in [0.2, 0.25) is 0 Å². The van der Waals surface area contributed by atoms with Gasteiger partial charge < -0.3 is 19.7 Å². The molecule has 170 valence electrons. The molecule has 1 aliphatic heterocycles. The van der Waals surface area contributed by atoms with E-state index >= 15 is 0 Å². The Kier molecular flexibility index (Phi) is 6.80. The van der Waals surface area contributed by atoms with Gasteiger partial charge in [0.25, 0.3) is 11.5 Å². The molecule has 3 aromatic rings. The van der Waals surface area contributed by atoms with Crippen molar-refractivity contribution in [1.29, 1.82) is 0 Å². The second-order valence-corrected chi connectivity index (χ2v) is 7.44. The van der Waals surface area contributed by atoms with Crippen LogP contribution >= 0.6 is 0 Å². The zero-order chi connectivity index (χ0) is 23.2. The van der Waals surface area contributed by atoms with E-state index in [9.17, 15) is 14.4 Å². The molecule has 2 amide bonds. The number of para-hydroxylation sites is 1. The molecule has 0 atom stereocenters. The van der Waals surface area contributed by atoms with Crippen LogP contribution in [0.3, 0.4) is 0 Å². The summed E-state index contributed by atoms with van der Waals surface area (Å²) in [6.45, 7) is 1.94. The molecule has 0 saturated carbocycles. The van der Waals surface area contributed by atoms with Crippen LogP contribution in [0, 0.1) is 0 Å². The minimum atomic E-state index is -0.408. The Morgan fingerprint density at radius 3 is 2.48 bits per heavy atom. The summed E-state index contributed by atoms with van der Waals surface area (Å²) in [4.78, 5) is 39.1. The zero-order valence-corrected chi connectivity index (χ0v) is 18.2. The monoisotopic (exact) mass is 448 g/mol. The normalized spacial score (nSPS) is 13.4. The van der Waals surface area contributed by atoms with Gasteiger partial charge in [0.05, 0.1) is 26.0 Å². The first-order valence-electron chi connectivity index (χ1n) is 10.5. The molecule has 33 heavy (non-hydrogen) atoms. The number of carbonyl (C=O) groups is 2. The summed E-state index contributed by atoms with van der Waals surface area (Å²) in [5.41, 5.74) is 1.90. The van der Waals surface area contributed by atoms with E-state index in [1.165, 1.54) is 6.07 Å². The lowest BCUT2D eigenvalue weighted by atomic mass is 10.1. The Morgan fingerprint density at radius 2 is 1.76 bits per heavy atom. The fourth-order valence-electron chi connectivity index (χ4n) is 3.54. The molecule has 9 nitrogen and oxygen atoms in total. The number of aromatic nitrogens is 2. The highest BCUT2D eigenvalue weighted by atomic mass is 16.5. The van der Waals surface area contributed by atoms with Gasteiger partial charge in [0.1, 0.15) is 12.3 Å². The van der Waals surface area contributed by atoms with Crippen LogP contribution in [0.1, 0.15) is 10.4 Å². The van der Waals surface area contributed by atoms with Crippen molar-refractivity contribution in [2.75, 3.05) is 38.7 Å². The lowest BCUT2D eigenvalue weighted by Gasteiger charge is -2.26. The first-order chi connectivity index (χ1) is 16.0. The molecule has 1 aromatic heterocycles. The maximum absolute atomic E-state index is 12.5. The fraction of sp³-hybridized carbons (Fsp3) is 0.250. The van der Waals surface area contributed by atoms with E-state index in [1.54, 1.807) is 48.4 Å². The zero-order valence-electron chi connectivity index (χ0n) is 18.2. The quantitative estimate of drug-likeness (QED) is 0.619. The predicted octanol–water partition coefficient (Wildman–Crippen LogP) is 2.03. The van der Waals surface area contributed by atoms with E-state index in [0.717, 1.165) is 10.2 Å². The first-order valence-corrected chi connectivity index (χ1v) is 10.5. The number of hydrogen-bond donors (Lipinski definition) is 1. The number of methoxy groups -OCH3 is 1. The van der Waals surface area contributed by atoms with Crippen LogP contribution in [0.15, 0.2) is 65.5 Å². The van der Waals surface area contributed by atoms with E-state index in [-0.39, 0.29) is 12.5 Å². The number of carbonyl (C=O) groups excluding carboxylic acids is 2. The number of nitrogens with one attached hydrogen (secondary N) is 1. The molecule has 4 rings (SSSR count). The topological polar surface area (TPSA) is 103 Å². The molecule has 0 aliphatic carbocycles.